The lowest BCUT2D eigenvalue weighted by Crippen LogP contribution is -2.41. The summed E-state index contributed by atoms with van der Waals surface area (Å²) in [6.45, 7) is 7.22. The summed E-state index contributed by atoms with van der Waals surface area (Å²) in [5, 5.41) is 5.52. The summed E-state index contributed by atoms with van der Waals surface area (Å²) in [5.41, 5.74) is 0.687. The molecule has 0 fully saturated rings. The molecule has 0 saturated carbocycles. The van der Waals surface area contributed by atoms with Gasteiger partial charge in [-0.15, -0.1) is 0 Å². The second-order valence-electron chi connectivity index (χ2n) is 5.68. The molecule has 0 aliphatic carbocycles. The number of ether oxygens (including phenoxy) is 1. The second kappa shape index (κ2) is 9.71. The molecule has 0 saturated heterocycles. The highest BCUT2D eigenvalue weighted by Gasteiger charge is 2.10. The molecule has 1 aromatic rings. The molecule has 0 heterocycles. The normalized spacial score (nSPS) is 11.5. The van der Waals surface area contributed by atoms with E-state index in [-0.39, 0.29) is 11.9 Å². The minimum absolute atomic E-state index is 0.0964. The molecular formula is C17H27N3O3. The zero-order chi connectivity index (χ0) is 17.2. The molecule has 0 radical (unpaired) electrons. The summed E-state index contributed by atoms with van der Waals surface area (Å²) < 4.78 is 5.58. The van der Waals surface area contributed by atoms with Crippen LogP contribution in [0.25, 0.3) is 0 Å². The van der Waals surface area contributed by atoms with Crippen LogP contribution in [-0.4, -0.2) is 43.6 Å². The van der Waals surface area contributed by atoms with Crippen molar-refractivity contribution in [1.29, 1.82) is 0 Å². The Morgan fingerprint density at radius 3 is 2.74 bits per heavy atom. The molecule has 1 atom stereocenters. The van der Waals surface area contributed by atoms with Gasteiger partial charge < -0.3 is 20.3 Å². The number of nitrogens with one attached hydrogen (secondary N) is 2. The molecular weight excluding hydrogens is 294 g/mol. The van der Waals surface area contributed by atoms with E-state index in [2.05, 4.69) is 24.5 Å². The lowest BCUT2D eigenvalue weighted by molar-refractivity contribution is -0.114. The van der Waals surface area contributed by atoms with Gasteiger partial charge in [-0.1, -0.05) is 26.3 Å². The zero-order valence-corrected chi connectivity index (χ0v) is 14.4. The SMILES string of the molecule is CCC(C)CN(C)C(=O)NCCOc1cccc(NC(C)=O)c1. The average Bonchev–Trinajstić information content (AvgIpc) is 2.50. The van der Waals surface area contributed by atoms with E-state index >= 15 is 0 Å². The van der Waals surface area contributed by atoms with E-state index in [1.807, 2.05) is 6.07 Å². The lowest BCUT2D eigenvalue weighted by atomic mass is 10.1. The third-order valence-electron chi connectivity index (χ3n) is 3.43. The van der Waals surface area contributed by atoms with Gasteiger partial charge in [-0.2, -0.15) is 0 Å². The highest BCUT2D eigenvalue weighted by molar-refractivity contribution is 5.88. The highest BCUT2D eigenvalue weighted by atomic mass is 16.5. The maximum Gasteiger partial charge on any atom is 0.317 e. The van der Waals surface area contributed by atoms with E-state index in [9.17, 15) is 9.59 Å². The second-order valence-corrected chi connectivity index (χ2v) is 5.68. The number of hydrogen-bond acceptors (Lipinski definition) is 3. The molecule has 1 unspecified atom stereocenters. The molecule has 0 bridgehead atoms. The van der Waals surface area contributed by atoms with Crippen LogP contribution in [0.4, 0.5) is 10.5 Å². The summed E-state index contributed by atoms with van der Waals surface area (Å²) in [4.78, 5) is 24.6. The summed E-state index contributed by atoms with van der Waals surface area (Å²) >= 11 is 0. The van der Waals surface area contributed by atoms with Gasteiger partial charge in [0.05, 0.1) is 6.54 Å². The third-order valence-corrected chi connectivity index (χ3v) is 3.43. The lowest BCUT2D eigenvalue weighted by Gasteiger charge is -2.21. The van der Waals surface area contributed by atoms with Gasteiger partial charge >= 0.3 is 6.03 Å². The molecule has 6 nitrogen and oxygen atoms in total. The Bertz CT molecular complexity index is 520. The van der Waals surface area contributed by atoms with Crippen molar-refractivity contribution in [3.8, 4) is 5.75 Å². The molecule has 23 heavy (non-hydrogen) atoms. The minimum atomic E-state index is -0.126. The zero-order valence-electron chi connectivity index (χ0n) is 14.4. The predicted molar refractivity (Wildman–Crippen MR) is 91.7 cm³/mol. The van der Waals surface area contributed by atoms with Crippen molar-refractivity contribution < 1.29 is 14.3 Å². The molecule has 1 rings (SSSR count). The Morgan fingerprint density at radius 1 is 1.35 bits per heavy atom. The van der Waals surface area contributed by atoms with E-state index in [4.69, 9.17) is 4.74 Å². The first-order valence-corrected chi connectivity index (χ1v) is 7.91. The molecule has 0 aliphatic heterocycles. The molecule has 0 aromatic heterocycles. The van der Waals surface area contributed by atoms with E-state index < -0.39 is 0 Å². The Hall–Kier alpha value is -2.24. The first kappa shape index (κ1) is 18.8. The number of anilines is 1. The fraction of sp³-hybridized carbons (Fsp3) is 0.529. The van der Waals surface area contributed by atoms with Gasteiger partial charge in [-0.05, 0) is 18.1 Å². The summed E-state index contributed by atoms with van der Waals surface area (Å²) in [6, 6.07) is 7.06. The van der Waals surface area contributed by atoms with Gasteiger partial charge in [0, 0.05) is 32.3 Å². The molecule has 3 amide bonds. The number of nitrogens with zero attached hydrogens (tertiary/aromatic N) is 1. The maximum absolute atomic E-state index is 11.9. The van der Waals surface area contributed by atoms with Crippen molar-refractivity contribution in [1.82, 2.24) is 10.2 Å². The van der Waals surface area contributed by atoms with Crippen molar-refractivity contribution in [2.45, 2.75) is 27.2 Å². The van der Waals surface area contributed by atoms with E-state index in [1.54, 1.807) is 30.1 Å². The number of carbonyl (C=O) groups excluding carboxylic acids is 2. The quantitative estimate of drug-likeness (QED) is 0.723. The average molecular weight is 321 g/mol. The molecule has 0 spiro atoms. The van der Waals surface area contributed by atoms with Gasteiger partial charge in [0.25, 0.3) is 0 Å². The minimum Gasteiger partial charge on any atom is -0.492 e. The maximum atomic E-state index is 11.9. The van der Waals surface area contributed by atoms with Crippen molar-refractivity contribution in [2.75, 3.05) is 32.1 Å². The monoisotopic (exact) mass is 321 g/mol. The molecule has 128 valence electrons. The number of rotatable bonds is 8. The van der Waals surface area contributed by atoms with Crippen molar-refractivity contribution in [3.05, 3.63) is 24.3 Å². The van der Waals surface area contributed by atoms with Crippen LogP contribution in [-0.2, 0) is 4.79 Å². The summed E-state index contributed by atoms with van der Waals surface area (Å²) in [7, 11) is 1.79. The molecule has 2 N–H and O–H groups in total. The standard InChI is InChI=1S/C17H27N3O3/c1-5-13(2)12-20(4)17(22)18-9-10-23-16-8-6-7-15(11-16)19-14(3)21/h6-8,11,13H,5,9-10,12H2,1-4H3,(H,18,22)(H,19,21). The smallest absolute Gasteiger partial charge is 0.317 e. The first-order chi connectivity index (χ1) is 10.9. The van der Waals surface area contributed by atoms with E-state index in [0.717, 1.165) is 13.0 Å². The number of urea groups is 1. The van der Waals surface area contributed by atoms with Crippen LogP contribution < -0.4 is 15.4 Å². The third kappa shape index (κ3) is 7.54. The van der Waals surface area contributed by atoms with Crippen molar-refractivity contribution in [2.24, 2.45) is 5.92 Å². The largest absolute Gasteiger partial charge is 0.492 e. The predicted octanol–water partition coefficient (Wildman–Crippen LogP) is 2.71. The van der Waals surface area contributed by atoms with E-state index in [1.165, 1.54) is 6.92 Å². The topological polar surface area (TPSA) is 70.7 Å². The molecule has 1 aromatic carbocycles. The Kier molecular flexibility index (Phi) is 7.94. The Balaban J connectivity index is 2.31. The van der Waals surface area contributed by atoms with Gasteiger partial charge in [0.2, 0.25) is 5.91 Å². The number of carbonyl (C=O) groups is 2. The Labute approximate surface area is 138 Å². The van der Waals surface area contributed by atoms with Crippen molar-refractivity contribution >= 4 is 17.6 Å². The van der Waals surface area contributed by atoms with Crippen LogP contribution in [0.15, 0.2) is 24.3 Å². The Morgan fingerprint density at radius 2 is 2.09 bits per heavy atom. The van der Waals surface area contributed by atoms with Gasteiger partial charge in [-0.3, -0.25) is 4.79 Å². The molecule has 0 aliphatic rings. The van der Waals surface area contributed by atoms with Crippen LogP contribution in [0.1, 0.15) is 27.2 Å². The van der Waals surface area contributed by atoms with Crippen LogP contribution in [0.3, 0.4) is 0 Å². The fourth-order valence-corrected chi connectivity index (χ4v) is 2.01. The molecule has 6 heteroatoms. The van der Waals surface area contributed by atoms with Crippen LogP contribution in [0, 0.1) is 5.92 Å². The number of hydrogen-bond donors (Lipinski definition) is 2. The van der Waals surface area contributed by atoms with E-state index in [0.29, 0.717) is 30.5 Å². The summed E-state index contributed by atoms with van der Waals surface area (Å²) in [6.07, 6.45) is 1.05. The number of benzene rings is 1. The number of amides is 3. The van der Waals surface area contributed by atoms with Gasteiger partial charge in [0.1, 0.15) is 12.4 Å². The fourth-order valence-electron chi connectivity index (χ4n) is 2.01. The van der Waals surface area contributed by atoms with Crippen molar-refractivity contribution in [3.63, 3.8) is 0 Å². The van der Waals surface area contributed by atoms with Gasteiger partial charge in [0.15, 0.2) is 0 Å². The first-order valence-electron chi connectivity index (χ1n) is 7.91. The van der Waals surface area contributed by atoms with Crippen LogP contribution >= 0.6 is 0 Å². The van der Waals surface area contributed by atoms with Crippen LogP contribution in [0.2, 0.25) is 0 Å². The van der Waals surface area contributed by atoms with Crippen LogP contribution in [0.5, 0.6) is 5.75 Å². The summed E-state index contributed by atoms with van der Waals surface area (Å²) in [5.74, 6) is 1.01. The van der Waals surface area contributed by atoms with Gasteiger partial charge in [-0.25, -0.2) is 4.79 Å². The highest BCUT2D eigenvalue weighted by Crippen LogP contribution is 2.17.